The molecule has 1 rings (SSSR count). The van der Waals surface area contributed by atoms with E-state index in [-0.39, 0.29) is 0 Å². The highest BCUT2D eigenvalue weighted by atomic mass is 16.7. The molecule has 0 saturated carbocycles. The van der Waals surface area contributed by atoms with Crippen LogP contribution in [0.15, 0.2) is 0 Å². The number of carbonyl (C=O) groups excluding carboxylic acids is 2. The van der Waals surface area contributed by atoms with E-state index in [9.17, 15) is 14.7 Å². The summed E-state index contributed by atoms with van der Waals surface area (Å²) in [6.45, 7) is 4.09. The van der Waals surface area contributed by atoms with Gasteiger partial charge in [0, 0.05) is 21.0 Å². The maximum Gasteiger partial charge on any atom is 0.303 e. The van der Waals surface area contributed by atoms with Gasteiger partial charge in [-0.3, -0.25) is 9.59 Å². The first-order valence-electron chi connectivity index (χ1n) is 5.57. The van der Waals surface area contributed by atoms with E-state index < -0.39 is 42.6 Å². The molecule has 1 aliphatic heterocycles. The second-order valence-electron chi connectivity index (χ2n) is 4.08. The summed E-state index contributed by atoms with van der Waals surface area (Å²) in [5.41, 5.74) is 0. The summed E-state index contributed by atoms with van der Waals surface area (Å²) >= 11 is 0. The van der Waals surface area contributed by atoms with E-state index in [0.29, 0.717) is 0 Å². The van der Waals surface area contributed by atoms with Crippen molar-refractivity contribution >= 4 is 11.9 Å². The van der Waals surface area contributed by atoms with Crippen molar-refractivity contribution in [2.75, 3.05) is 7.11 Å². The lowest BCUT2D eigenvalue weighted by Gasteiger charge is -2.41. The van der Waals surface area contributed by atoms with Crippen LogP contribution in [0.2, 0.25) is 0 Å². The number of ether oxygens (including phenoxy) is 4. The number of hydrogen-bond donors (Lipinski definition) is 1. The van der Waals surface area contributed by atoms with Crippen LogP contribution >= 0.6 is 0 Å². The quantitative estimate of drug-likeness (QED) is 0.692. The first-order valence-corrected chi connectivity index (χ1v) is 5.57. The first kappa shape index (κ1) is 14.9. The molecule has 18 heavy (non-hydrogen) atoms. The summed E-state index contributed by atoms with van der Waals surface area (Å²) in [5, 5.41) is 9.72. The average molecular weight is 262 g/mol. The average Bonchev–Trinajstić information content (AvgIpc) is 2.24. The Hall–Kier alpha value is -1.18. The molecule has 0 spiro atoms. The van der Waals surface area contributed by atoms with Crippen LogP contribution in [0.5, 0.6) is 0 Å². The van der Waals surface area contributed by atoms with Gasteiger partial charge >= 0.3 is 11.9 Å². The third kappa shape index (κ3) is 3.41. The Labute approximate surface area is 105 Å². The smallest absolute Gasteiger partial charge is 0.303 e. The number of rotatable bonds is 3. The second-order valence-corrected chi connectivity index (χ2v) is 4.08. The molecule has 0 aliphatic carbocycles. The minimum absolute atomic E-state index is 0.504. The van der Waals surface area contributed by atoms with Crippen molar-refractivity contribution in [1.82, 2.24) is 0 Å². The normalized spacial score (nSPS) is 35.9. The van der Waals surface area contributed by atoms with Crippen LogP contribution in [-0.2, 0) is 28.5 Å². The van der Waals surface area contributed by atoms with Gasteiger partial charge in [-0.15, -0.1) is 0 Å². The molecule has 1 fully saturated rings. The van der Waals surface area contributed by atoms with E-state index in [0.717, 1.165) is 0 Å². The molecule has 5 atom stereocenters. The predicted molar refractivity (Wildman–Crippen MR) is 58.5 cm³/mol. The Kier molecular flexibility index (Phi) is 5.06. The van der Waals surface area contributed by atoms with Gasteiger partial charge in [-0.2, -0.15) is 0 Å². The third-order valence-corrected chi connectivity index (χ3v) is 2.62. The molecular formula is C11H18O7. The zero-order valence-corrected chi connectivity index (χ0v) is 10.8. The highest BCUT2D eigenvalue weighted by molar-refractivity contribution is 5.67. The summed E-state index contributed by atoms with van der Waals surface area (Å²) in [6, 6.07) is 0. The molecule has 104 valence electrons. The molecule has 0 aromatic heterocycles. The lowest BCUT2D eigenvalue weighted by molar-refractivity contribution is -0.289. The predicted octanol–water partition coefficient (Wildman–Crippen LogP) is -0.398. The standard InChI is InChI=1S/C11H18O7/c1-5-8(17-6(2)12)9(15-4)10(11(14)16-5)18-7(3)13/h5,8-11,14H,1-4H3/t5-,8+,9+,10+,11?/m0/s1. The van der Waals surface area contributed by atoms with Gasteiger partial charge in [0.05, 0.1) is 6.10 Å². The summed E-state index contributed by atoms with van der Waals surface area (Å²) in [7, 11) is 1.38. The van der Waals surface area contributed by atoms with Crippen molar-refractivity contribution in [3.63, 3.8) is 0 Å². The van der Waals surface area contributed by atoms with Crippen LogP contribution in [0, 0.1) is 0 Å². The Bertz CT molecular complexity index is 289. The monoisotopic (exact) mass is 262 g/mol. The van der Waals surface area contributed by atoms with E-state index in [1.165, 1.54) is 21.0 Å². The van der Waals surface area contributed by atoms with Crippen molar-refractivity contribution in [3.8, 4) is 0 Å². The van der Waals surface area contributed by atoms with E-state index in [4.69, 9.17) is 18.9 Å². The van der Waals surface area contributed by atoms with Crippen molar-refractivity contribution in [2.45, 2.75) is 51.5 Å². The lowest BCUT2D eigenvalue weighted by Crippen LogP contribution is -2.59. The van der Waals surface area contributed by atoms with Crippen LogP contribution < -0.4 is 0 Å². The first-order chi connectivity index (χ1) is 8.36. The minimum Gasteiger partial charge on any atom is -0.457 e. The molecule has 0 bridgehead atoms. The second kappa shape index (κ2) is 6.12. The maximum atomic E-state index is 11.0. The lowest BCUT2D eigenvalue weighted by atomic mass is 9.99. The Morgan fingerprint density at radius 2 is 1.56 bits per heavy atom. The fourth-order valence-corrected chi connectivity index (χ4v) is 1.93. The SMILES string of the molecule is CO[C@@H]1[C@H](OC(C)=O)[C@H](C)OC(O)[C@@H]1OC(C)=O. The van der Waals surface area contributed by atoms with E-state index in [2.05, 4.69) is 0 Å². The van der Waals surface area contributed by atoms with E-state index in [1.807, 2.05) is 0 Å². The molecule has 1 aliphatic rings. The van der Waals surface area contributed by atoms with Gasteiger partial charge in [-0.1, -0.05) is 0 Å². The molecule has 7 heteroatoms. The van der Waals surface area contributed by atoms with E-state index in [1.54, 1.807) is 6.92 Å². The van der Waals surface area contributed by atoms with Crippen molar-refractivity contribution < 1.29 is 33.6 Å². The van der Waals surface area contributed by atoms with Gasteiger partial charge in [0.25, 0.3) is 0 Å². The topological polar surface area (TPSA) is 91.3 Å². The molecule has 0 radical (unpaired) electrons. The third-order valence-electron chi connectivity index (χ3n) is 2.62. The Morgan fingerprint density at radius 1 is 1.06 bits per heavy atom. The van der Waals surface area contributed by atoms with Crippen molar-refractivity contribution in [1.29, 1.82) is 0 Å². The Balaban J connectivity index is 2.88. The summed E-state index contributed by atoms with van der Waals surface area (Å²) in [6.07, 6.45) is -4.45. The van der Waals surface area contributed by atoms with Crippen LogP contribution in [0.1, 0.15) is 20.8 Å². The van der Waals surface area contributed by atoms with Gasteiger partial charge in [0.2, 0.25) is 0 Å². The highest BCUT2D eigenvalue weighted by Gasteiger charge is 2.47. The number of esters is 2. The Morgan fingerprint density at radius 3 is 2.00 bits per heavy atom. The molecule has 1 saturated heterocycles. The molecule has 0 aromatic rings. The molecule has 1 heterocycles. The zero-order valence-electron chi connectivity index (χ0n) is 10.8. The molecule has 0 aromatic carbocycles. The number of aliphatic hydroxyl groups excluding tert-OH is 1. The van der Waals surface area contributed by atoms with Crippen LogP contribution in [0.3, 0.4) is 0 Å². The van der Waals surface area contributed by atoms with Crippen LogP contribution in [0.4, 0.5) is 0 Å². The largest absolute Gasteiger partial charge is 0.457 e. The number of methoxy groups -OCH3 is 1. The molecule has 7 nitrogen and oxygen atoms in total. The van der Waals surface area contributed by atoms with Gasteiger partial charge in [0.1, 0.15) is 6.10 Å². The molecule has 1 N–H and O–H groups in total. The van der Waals surface area contributed by atoms with Gasteiger partial charge in [-0.25, -0.2) is 0 Å². The molecule has 0 amide bonds. The van der Waals surface area contributed by atoms with Crippen LogP contribution in [0.25, 0.3) is 0 Å². The maximum absolute atomic E-state index is 11.0. The van der Waals surface area contributed by atoms with Gasteiger partial charge in [0.15, 0.2) is 18.5 Å². The fraction of sp³-hybridized carbons (Fsp3) is 0.818. The number of hydrogen-bond acceptors (Lipinski definition) is 7. The van der Waals surface area contributed by atoms with Crippen LogP contribution in [-0.4, -0.2) is 54.9 Å². The van der Waals surface area contributed by atoms with E-state index >= 15 is 0 Å². The van der Waals surface area contributed by atoms with Crippen molar-refractivity contribution in [3.05, 3.63) is 0 Å². The summed E-state index contributed by atoms with van der Waals surface area (Å²) < 4.78 is 20.3. The van der Waals surface area contributed by atoms with Gasteiger partial charge < -0.3 is 24.1 Å². The number of carbonyl (C=O) groups is 2. The fourth-order valence-electron chi connectivity index (χ4n) is 1.93. The molecule has 1 unspecified atom stereocenters. The number of aliphatic hydroxyl groups is 1. The van der Waals surface area contributed by atoms with Gasteiger partial charge in [-0.05, 0) is 6.92 Å². The summed E-state index contributed by atoms with van der Waals surface area (Å²) in [4.78, 5) is 22.0. The van der Waals surface area contributed by atoms with Crippen molar-refractivity contribution in [2.24, 2.45) is 0 Å². The highest BCUT2D eigenvalue weighted by Crippen LogP contribution is 2.26. The zero-order chi connectivity index (χ0) is 13.9. The minimum atomic E-state index is -1.32. The summed E-state index contributed by atoms with van der Waals surface area (Å²) in [5.74, 6) is -1.09. The molecular weight excluding hydrogens is 244 g/mol.